The van der Waals surface area contributed by atoms with Crippen molar-refractivity contribution in [3.8, 4) is 23.7 Å². The van der Waals surface area contributed by atoms with Crippen LogP contribution in [0.2, 0.25) is 0 Å². The molecule has 6 nitrogen and oxygen atoms in total. The van der Waals surface area contributed by atoms with Gasteiger partial charge in [0, 0.05) is 12.8 Å². The van der Waals surface area contributed by atoms with Gasteiger partial charge >= 0.3 is 11.9 Å². The van der Waals surface area contributed by atoms with Crippen molar-refractivity contribution in [2.24, 2.45) is 0 Å². The number of aliphatic hydroxyl groups is 2. The molecular weight excluding hydrogens is 240 g/mol. The number of hydrogen-bond acceptors (Lipinski definition) is 4. The van der Waals surface area contributed by atoms with Crippen LogP contribution in [0.1, 0.15) is 26.7 Å². The number of carboxylic acid groups (broad SMARTS) is 2. The van der Waals surface area contributed by atoms with Crippen LogP contribution in [0.15, 0.2) is 0 Å². The van der Waals surface area contributed by atoms with E-state index < -0.39 is 11.9 Å². The lowest BCUT2D eigenvalue weighted by atomic mass is 10.5. The molecule has 0 aromatic carbocycles. The third-order valence-corrected chi connectivity index (χ3v) is 1.00. The van der Waals surface area contributed by atoms with Crippen molar-refractivity contribution in [3.63, 3.8) is 0 Å². The number of aliphatic hydroxyl groups excluding tert-OH is 2. The van der Waals surface area contributed by atoms with Gasteiger partial charge in [-0.25, -0.2) is 0 Å². The molecule has 0 radical (unpaired) electrons. The summed E-state index contributed by atoms with van der Waals surface area (Å²) in [6.45, 7) is 2.84. The molecule has 0 rings (SSSR count). The van der Waals surface area contributed by atoms with E-state index in [1.807, 2.05) is 0 Å². The molecule has 0 amide bonds. The predicted octanol–water partition coefficient (Wildman–Crippen LogP) is -0.0602. The number of rotatable bonds is 2. The summed E-state index contributed by atoms with van der Waals surface area (Å²) in [6.07, 6.45) is 0.444. The first-order valence-electron chi connectivity index (χ1n) is 5.07. The van der Waals surface area contributed by atoms with Crippen molar-refractivity contribution < 1.29 is 30.0 Å². The summed E-state index contributed by atoms with van der Waals surface area (Å²) >= 11 is 0. The Morgan fingerprint density at radius 2 is 1.06 bits per heavy atom. The summed E-state index contributed by atoms with van der Waals surface area (Å²) in [5.74, 6) is 7.75. The summed E-state index contributed by atoms with van der Waals surface area (Å²) in [4.78, 5) is 18.7. The lowest BCUT2D eigenvalue weighted by molar-refractivity contribution is -0.137. The van der Waals surface area contributed by atoms with Crippen LogP contribution in [0.4, 0.5) is 0 Å². The lowest BCUT2D eigenvalue weighted by Gasteiger charge is -1.71. The Kier molecular flexibility index (Phi) is 24.1. The molecule has 0 bridgehead atoms. The van der Waals surface area contributed by atoms with Crippen molar-refractivity contribution in [2.75, 3.05) is 13.2 Å². The second-order valence-electron chi connectivity index (χ2n) is 2.41. The summed E-state index contributed by atoms with van der Waals surface area (Å²) in [6, 6.07) is 0. The van der Waals surface area contributed by atoms with E-state index in [0.29, 0.717) is 0 Å². The molecule has 0 aromatic rings. The number of carboxylic acids is 2. The predicted molar refractivity (Wildman–Crippen MR) is 65.6 cm³/mol. The van der Waals surface area contributed by atoms with Gasteiger partial charge in [0.1, 0.15) is 13.2 Å². The van der Waals surface area contributed by atoms with E-state index in [1.54, 1.807) is 13.8 Å². The number of hydrogen-bond donors (Lipinski definition) is 4. The van der Waals surface area contributed by atoms with Gasteiger partial charge in [0.05, 0.1) is 0 Å². The molecule has 0 aliphatic carbocycles. The number of aliphatic carboxylic acids is 2. The quantitative estimate of drug-likeness (QED) is 0.516. The van der Waals surface area contributed by atoms with Crippen LogP contribution in [0.25, 0.3) is 0 Å². The van der Waals surface area contributed by atoms with Gasteiger partial charge in [-0.3, -0.25) is 9.59 Å². The standard InChI is InChI=1S/C6H6O2.2C3H6O2/c7-5-3-1-2-4-6-8;2*1-2-3(4)5/h7-8H,5-6H2;2*2H2,1H3,(H,4,5). The van der Waals surface area contributed by atoms with Gasteiger partial charge in [-0.2, -0.15) is 0 Å². The van der Waals surface area contributed by atoms with Crippen LogP contribution >= 0.6 is 0 Å². The van der Waals surface area contributed by atoms with Crippen molar-refractivity contribution in [3.05, 3.63) is 0 Å². The minimum absolute atomic E-state index is 0.180. The first-order valence-corrected chi connectivity index (χ1v) is 5.07. The zero-order valence-electron chi connectivity index (χ0n) is 10.4. The Labute approximate surface area is 106 Å². The Morgan fingerprint density at radius 1 is 0.833 bits per heavy atom. The maximum Gasteiger partial charge on any atom is 0.303 e. The van der Waals surface area contributed by atoms with Crippen LogP contribution in [-0.4, -0.2) is 45.6 Å². The molecule has 4 N–H and O–H groups in total. The van der Waals surface area contributed by atoms with E-state index in [2.05, 4.69) is 23.7 Å². The maximum absolute atomic E-state index is 9.37. The zero-order valence-corrected chi connectivity index (χ0v) is 10.4. The number of carbonyl (C=O) groups is 2. The van der Waals surface area contributed by atoms with Crippen LogP contribution < -0.4 is 0 Å². The molecule has 102 valence electrons. The van der Waals surface area contributed by atoms with Gasteiger partial charge in [-0.05, 0) is 11.8 Å². The molecule has 0 aliphatic rings. The molecule has 6 heteroatoms. The average Bonchev–Trinajstić information content (AvgIpc) is 2.36. The molecule has 0 saturated heterocycles. The Hall–Kier alpha value is -2.02. The second-order valence-corrected chi connectivity index (χ2v) is 2.41. The second kappa shape index (κ2) is 20.4. The molecule has 0 fully saturated rings. The molecule has 0 spiro atoms. The highest BCUT2D eigenvalue weighted by atomic mass is 16.4. The maximum atomic E-state index is 9.37. The van der Waals surface area contributed by atoms with E-state index in [1.165, 1.54) is 0 Å². The summed E-state index contributed by atoms with van der Waals surface area (Å²) in [5, 5.41) is 31.6. The first-order chi connectivity index (χ1) is 8.45. The summed E-state index contributed by atoms with van der Waals surface area (Å²) < 4.78 is 0. The van der Waals surface area contributed by atoms with Crippen LogP contribution in [0.3, 0.4) is 0 Å². The fourth-order valence-electron chi connectivity index (χ4n) is 0.167. The van der Waals surface area contributed by atoms with Gasteiger partial charge in [-0.1, -0.05) is 25.7 Å². The van der Waals surface area contributed by atoms with Crippen molar-refractivity contribution in [2.45, 2.75) is 26.7 Å². The Bertz CT molecular complexity index is 292. The van der Waals surface area contributed by atoms with Crippen molar-refractivity contribution in [1.82, 2.24) is 0 Å². The average molecular weight is 258 g/mol. The molecule has 0 aromatic heterocycles. The molecule has 0 atom stereocenters. The summed E-state index contributed by atoms with van der Waals surface area (Å²) in [5.41, 5.74) is 0. The van der Waals surface area contributed by atoms with Crippen molar-refractivity contribution in [1.29, 1.82) is 0 Å². The van der Waals surface area contributed by atoms with Gasteiger partial charge in [-0.15, -0.1) is 0 Å². The highest BCUT2D eigenvalue weighted by Gasteiger charge is 1.81. The molecule has 0 unspecified atom stereocenters. The first kappa shape index (κ1) is 21.3. The molecule has 0 heterocycles. The van der Waals surface area contributed by atoms with Crippen LogP contribution in [0.5, 0.6) is 0 Å². The largest absolute Gasteiger partial charge is 0.481 e. The highest BCUT2D eigenvalue weighted by Crippen LogP contribution is 1.67. The summed E-state index contributed by atoms with van der Waals surface area (Å²) in [7, 11) is 0. The third-order valence-electron chi connectivity index (χ3n) is 1.00. The molecule has 0 saturated carbocycles. The van der Waals surface area contributed by atoms with Gasteiger partial charge in [0.2, 0.25) is 0 Å². The highest BCUT2D eigenvalue weighted by molar-refractivity contribution is 5.66. The fraction of sp³-hybridized carbons (Fsp3) is 0.500. The van der Waals surface area contributed by atoms with Crippen LogP contribution in [0, 0.1) is 23.7 Å². The normalized spacial score (nSPS) is 6.67. The van der Waals surface area contributed by atoms with Gasteiger partial charge in [0.25, 0.3) is 0 Å². The fourth-order valence-corrected chi connectivity index (χ4v) is 0.167. The minimum atomic E-state index is -0.745. The van der Waals surface area contributed by atoms with E-state index in [-0.39, 0.29) is 26.1 Å². The third kappa shape index (κ3) is 48.3. The van der Waals surface area contributed by atoms with E-state index in [4.69, 9.17) is 20.4 Å². The zero-order chi connectivity index (χ0) is 14.8. The van der Waals surface area contributed by atoms with Crippen molar-refractivity contribution >= 4 is 11.9 Å². The van der Waals surface area contributed by atoms with E-state index >= 15 is 0 Å². The van der Waals surface area contributed by atoms with Crippen LogP contribution in [-0.2, 0) is 9.59 Å². The molecular formula is C12H18O6. The topological polar surface area (TPSA) is 115 Å². The lowest BCUT2D eigenvalue weighted by Crippen LogP contribution is -1.86. The monoisotopic (exact) mass is 258 g/mol. The SMILES string of the molecule is CCC(=O)O.CCC(=O)O.OCC#CC#CCO. The van der Waals surface area contributed by atoms with Gasteiger partial charge < -0.3 is 20.4 Å². The Morgan fingerprint density at radius 3 is 1.17 bits per heavy atom. The molecule has 18 heavy (non-hydrogen) atoms. The smallest absolute Gasteiger partial charge is 0.303 e. The van der Waals surface area contributed by atoms with Gasteiger partial charge in [0.15, 0.2) is 0 Å². The van der Waals surface area contributed by atoms with E-state index in [0.717, 1.165) is 0 Å². The molecule has 0 aliphatic heterocycles. The minimum Gasteiger partial charge on any atom is -0.481 e. The van der Waals surface area contributed by atoms with E-state index in [9.17, 15) is 9.59 Å². The Balaban J connectivity index is -0.000000197.